The largest absolute Gasteiger partial charge is 0.468 e. The number of hydrogen-bond acceptors (Lipinski definition) is 4. The number of nitrogens with one attached hydrogen (secondary N) is 1. The van der Waals surface area contributed by atoms with Gasteiger partial charge in [-0.3, -0.25) is 4.79 Å². The van der Waals surface area contributed by atoms with Crippen molar-refractivity contribution in [1.29, 1.82) is 0 Å². The maximum absolute atomic E-state index is 11.1. The van der Waals surface area contributed by atoms with E-state index >= 15 is 0 Å². The van der Waals surface area contributed by atoms with Crippen LogP contribution in [0.25, 0.3) is 0 Å². The van der Waals surface area contributed by atoms with Crippen molar-refractivity contribution >= 4 is 21.9 Å². The summed E-state index contributed by atoms with van der Waals surface area (Å²) >= 11 is 3.23. The lowest BCUT2D eigenvalue weighted by molar-refractivity contribution is -0.139. The fourth-order valence-electron chi connectivity index (χ4n) is 1.13. The van der Waals surface area contributed by atoms with Crippen LogP contribution in [0.1, 0.15) is 18.7 Å². The van der Waals surface area contributed by atoms with E-state index in [0.29, 0.717) is 6.54 Å². The molecule has 5 heteroatoms. The molecule has 0 bridgehead atoms. The van der Waals surface area contributed by atoms with Gasteiger partial charge < -0.3 is 14.5 Å². The van der Waals surface area contributed by atoms with Gasteiger partial charge in [-0.25, -0.2) is 0 Å². The first-order chi connectivity index (χ1) is 7.15. The molecule has 15 heavy (non-hydrogen) atoms. The molecule has 0 saturated carbocycles. The number of carbonyl (C=O) groups is 1. The van der Waals surface area contributed by atoms with Gasteiger partial charge in [-0.2, -0.15) is 0 Å². The summed E-state index contributed by atoms with van der Waals surface area (Å²) in [6.07, 6.45) is 1.62. The molecule has 1 rings (SSSR count). The average molecular weight is 276 g/mol. The molecule has 1 heterocycles. The van der Waals surface area contributed by atoms with Gasteiger partial charge in [-0.1, -0.05) is 15.9 Å². The third-order valence-electron chi connectivity index (χ3n) is 2.03. The van der Waals surface area contributed by atoms with Gasteiger partial charge in [0.2, 0.25) is 0 Å². The highest BCUT2D eigenvalue weighted by Crippen LogP contribution is 2.12. The predicted octanol–water partition coefficient (Wildman–Crippen LogP) is 1.87. The van der Waals surface area contributed by atoms with Crippen molar-refractivity contribution in [3.05, 3.63) is 24.2 Å². The number of carbonyl (C=O) groups excluding carboxylic acids is 1. The van der Waals surface area contributed by atoms with Crippen LogP contribution in [0.3, 0.4) is 0 Å². The van der Waals surface area contributed by atoms with Gasteiger partial charge >= 0.3 is 5.97 Å². The number of methoxy groups -OCH3 is 1. The summed E-state index contributed by atoms with van der Waals surface area (Å²) in [4.78, 5) is 10.7. The van der Waals surface area contributed by atoms with E-state index in [2.05, 4.69) is 26.0 Å². The van der Waals surface area contributed by atoms with Gasteiger partial charge in [0.05, 0.1) is 19.4 Å². The van der Waals surface area contributed by atoms with Crippen molar-refractivity contribution in [2.24, 2.45) is 0 Å². The van der Waals surface area contributed by atoms with Crippen LogP contribution < -0.4 is 5.32 Å². The molecule has 84 valence electrons. The Kier molecular flexibility index (Phi) is 4.84. The van der Waals surface area contributed by atoms with Crippen LogP contribution in [0.4, 0.5) is 0 Å². The number of ether oxygens (including phenoxy) is 1. The summed E-state index contributed by atoms with van der Waals surface area (Å²) in [6, 6.07) is 3.79. The van der Waals surface area contributed by atoms with Crippen LogP contribution >= 0.6 is 15.9 Å². The molecule has 0 aromatic carbocycles. The van der Waals surface area contributed by atoms with E-state index in [-0.39, 0.29) is 16.8 Å². The molecule has 0 amide bonds. The van der Waals surface area contributed by atoms with Crippen LogP contribution in [-0.2, 0) is 9.53 Å². The zero-order valence-corrected chi connectivity index (χ0v) is 10.3. The third-order valence-corrected chi connectivity index (χ3v) is 2.73. The van der Waals surface area contributed by atoms with Gasteiger partial charge in [-0.05, 0) is 19.1 Å². The molecule has 0 aliphatic carbocycles. The Hall–Kier alpha value is -0.810. The predicted molar refractivity (Wildman–Crippen MR) is 59.9 cm³/mol. The first kappa shape index (κ1) is 12.3. The number of alkyl halides is 1. The van der Waals surface area contributed by atoms with Crippen molar-refractivity contribution in [1.82, 2.24) is 5.32 Å². The molecule has 4 nitrogen and oxygen atoms in total. The zero-order valence-electron chi connectivity index (χ0n) is 8.70. The molecular weight excluding hydrogens is 262 g/mol. The first-order valence-electron chi connectivity index (χ1n) is 4.64. The fraction of sp³-hybridized carbons (Fsp3) is 0.500. The standard InChI is InChI=1S/C10H14BrNO3/c1-7(9-4-3-5-15-9)12-6-8(11)10(13)14-2/h3-5,7-8,12H,6H2,1-2H3. The Morgan fingerprint density at radius 3 is 3.00 bits per heavy atom. The van der Waals surface area contributed by atoms with Gasteiger partial charge in [0.15, 0.2) is 0 Å². The Morgan fingerprint density at radius 1 is 1.73 bits per heavy atom. The molecule has 2 atom stereocenters. The lowest BCUT2D eigenvalue weighted by atomic mass is 10.2. The monoisotopic (exact) mass is 275 g/mol. The Balaban J connectivity index is 2.34. The molecule has 0 spiro atoms. The minimum atomic E-state index is -0.333. The summed E-state index contributed by atoms with van der Waals surface area (Å²) in [7, 11) is 1.37. The van der Waals surface area contributed by atoms with E-state index in [4.69, 9.17) is 4.42 Å². The molecule has 0 aliphatic rings. The fourth-order valence-corrected chi connectivity index (χ4v) is 1.50. The van der Waals surface area contributed by atoms with E-state index in [1.807, 2.05) is 19.1 Å². The Bertz CT molecular complexity index is 300. The van der Waals surface area contributed by atoms with Crippen molar-refractivity contribution in [3.63, 3.8) is 0 Å². The van der Waals surface area contributed by atoms with Gasteiger partial charge in [0, 0.05) is 6.54 Å². The first-order valence-corrected chi connectivity index (χ1v) is 5.55. The van der Waals surface area contributed by atoms with Crippen LogP contribution in [-0.4, -0.2) is 24.5 Å². The minimum absolute atomic E-state index is 0.0738. The second kappa shape index (κ2) is 5.92. The van der Waals surface area contributed by atoms with Crippen molar-refractivity contribution in [2.75, 3.05) is 13.7 Å². The van der Waals surface area contributed by atoms with Crippen LogP contribution in [0.2, 0.25) is 0 Å². The van der Waals surface area contributed by atoms with E-state index in [0.717, 1.165) is 5.76 Å². The summed E-state index contributed by atoms with van der Waals surface area (Å²) in [5.74, 6) is 0.564. The zero-order chi connectivity index (χ0) is 11.3. The Morgan fingerprint density at radius 2 is 2.47 bits per heavy atom. The van der Waals surface area contributed by atoms with Crippen molar-refractivity contribution in [2.45, 2.75) is 17.8 Å². The highest BCUT2D eigenvalue weighted by molar-refractivity contribution is 9.10. The SMILES string of the molecule is COC(=O)C(Br)CNC(C)c1ccco1. The maximum Gasteiger partial charge on any atom is 0.320 e. The number of hydrogen-bond donors (Lipinski definition) is 1. The topological polar surface area (TPSA) is 51.5 Å². The van der Waals surface area contributed by atoms with Crippen molar-refractivity contribution in [3.8, 4) is 0 Å². The molecule has 2 unspecified atom stereocenters. The van der Waals surface area contributed by atoms with E-state index < -0.39 is 0 Å². The molecule has 0 fully saturated rings. The number of rotatable bonds is 5. The molecular formula is C10H14BrNO3. The second-order valence-corrected chi connectivity index (χ2v) is 4.24. The lowest BCUT2D eigenvalue weighted by Gasteiger charge is -2.13. The lowest BCUT2D eigenvalue weighted by Crippen LogP contribution is -2.31. The van der Waals surface area contributed by atoms with E-state index in [1.165, 1.54) is 7.11 Å². The number of halogens is 1. The van der Waals surface area contributed by atoms with Crippen LogP contribution in [0.5, 0.6) is 0 Å². The summed E-state index contributed by atoms with van der Waals surface area (Å²) in [5, 5.41) is 3.16. The summed E-state index contributed by atoms with van der Waals surface area (Å²) in [5.41, 5.74) is 0. The number of esters is 1. The van der Waals surface area contributed by atoms with Crippen LogP contribution in [0.15, 0.2) is 22.8 Å². The molecule has 1 aromatic rings. The molecule has 0 radical (unpaired) electrons. The van der Waals surface area contributed by atoms with Crippen LogP contribution in [0, 0.1) is 0 Å². The van der Waals surface area contributed by atoms with Gasteiger partial charge in [0.25, 0.3) is 0 Å². The average Bonchev–Trinajstić information content (AvgIpc) is 2.77. The highest BCUT2D eigenvalue weighted by Gasteiger charge is 2.16. The quantitative estimate of drug-likeness (QED) is 0.659. The minimum Gasteiger partial charge on any atom is -0.468 e. The summed E-state index contributed by atoms with van der Waals surface area (Å²) in [6.45, 7) is 2.46. The van der Waals surface area contributed by atoms with Gasteiger partial charge in [0.1, 0.15) is 10.6 Å². The molecule has 1 N–H and O–H groups in total. The van der Waals surface area contributed by atoms with Crippen molar-refractivity contribution < 1.29 is 13.9 Å². The molecule has 0 aliphatic heterocycles. The normalized spacial score (nSPS) is 14.6. The van der Waals surface area contributed by atoms with Gasteiger partial charge in [-0.15, -0.1) is 0 Å². The summed E-state index contributed by atoms with van der Waals surface area (Å²) < 4.78 is 9.81. The maximum atomic E-state index is 11.1. The number of furan rings is 1. The van der Waals surface area contributed by atoms with E-state index in [9.17, 15) is 4.79 Å². The molecule has 1 aromatic heterocycles. The Labute approximate surface area is 97.1 Å². The smallest absolute Gasteiger partial charge is 0.320 e. The second-order valence-electron chi connectivity index (χ2n) is 3.14. The highest BCUT2D eigenvalue weighted by atomic mass is 79.9. The molecule has 0 saturated heterocycles. The van der Waals surface area contributed by atoms with E-state index in [1.54, 1.807) is 6.26 Å². The third kappa shape index (κ3) is 3.68.